The average molecular weight is 474 g/mol. The van der Waals surface area contributed by atoms with Crippen molar-refractivity contribution < 1.29 is 13.2 Å². The summed E-state index contributed by atoms with van der Waals surface area (Å²) in [6.45, 7) is 4.56. The maximum Gasteiger partial charge on any atom is 0.416 e. The summed E-state index contributed by atoms with van der Waals surface area (Å²) in [5.74, 6) is 0.522. The fraction of sp³-hybridized carbons (Fsp3) is 0.462. The molecule has 0 fully saturated rings. The molecule has 182 valence electrons. The number of anilines is 3. The fourth-order valence-corrected chi connectivity index (χ4v) is 5.24. The smallest absolute Gasteiger partial charge is 0.394 e. The van der Waals surface area contributed by atoms with Gasteiger partial charge >= 0.3 is 6.18 Å². The van der Waals surface area contributed by atoms with Gasteiger partial charge in [0.2, 0.25) is 0 Å². The number of rotatable bonds is 7. The second-order valence-electron chi connectivity index (χ2n) is 9.65. The molecule has 0 spiro atoms. The SMILES string of the molecule is C[C@H](CC[C@@H]1[C@H](C)c2cc(C(F)(F)F)ccc2N[C@H]1C1C=CC=CC1)CNc1c(N)c(=O)c1=O. The predicted molar refractivity (Wildman–Crippen MR) is 130 cm³/mol. The number of nitrogen functional groups attached to an aromatic ring is 1. The van der Waals surface area contributed by atoms with Crippen molar-refractivity contribution in [2.75, 3.05) is 22.9 Å². The highest BCUT2D eigenvalue weighted by Gasteiger charge is 2.39. The highest BCUT2D eigenvalue weighted by Crippen LogP contribution is 2.45. The summed E-state index contributed by atoms with van der Waals surface area (Å²) in [4.78, 5) is 22.9. The minimum atomic E-state index is -4.38. The van der Waals surface area contributed by atoms with Gasteiger partial charge in [-0.25, -0.2) is 0 Å². The van der Waals surface area contributed by atoms with Gasteiger partial charge in [-0.1, -0.05) is 38.2 Å². The highest BCUT2D eigenvalue weighted by atomic mass is 19.4. The van der Waals surface area contributed by atoms with E-state index in [2.05, 4.69) is 22.8 Å². The number of halogens is 3. The number of hydrogen-bond donors (Lipinski definition) is 3. The third-order valence-electron chi connectivity index (χ3n) is 7.34. The average Bonchev–Trinajstić information content (AvgIpc) is 2.82. The van der Waals surface area contributed by atoms with Gasteiger partial charge in [0, 0.05) is 24.2 Å². The van der Waals surface area contributed by atoms with Gasteiger partial charge in [0.25, 0.3) is 10.9 Å². The lowest BCUT2D eigenvalue weighted by Crippen LogP contribution is -2.42. The lowest BCUT2D eigenvalue weighted by atomic mass is 9.70. The summed E-state index contributed by atoms with van der Waals surface area (Å²) in [6, 6.07) is 4.09. The van der Waals surface area contributed by atoms with E-state index in [0.717, 1.165) is 31.0 Å². The first kappa shape index (κ1) is 24.1. The summed E-state index contributed by atoms with van der Waals surface area (Å²) >= 11 is 0. The van der Waals surface area contributed by atoms with Gasteiger partial charge in [-0.2, -0.15) is 13.2 Å². The van der Waals surface area contributed by atoms with Crippen molar-refractivity contribution in [2.45, 2.75) is 51.2 Å². The zero-order chi connectivity index (χ0) is 24.6. The standard InChI is InChI=1S/C26H30F3N3O2/c1-14(13-31-23-21(30)24(33)25(23)34)8-10-18-15(2)19-12-17(26(27,28)29)9-11-20(19)32-22(18)16-6-4-3-5-7-16/h3-6,9,11-12,14-16,18,22,31-32H,7-8,10,13,30H2,1-2H3/t14-,15+,16?,18-,22+/m1/s1. The third kappa shape index (κ3) is 4.63. The van der Waals surface area contributed by atoms with Crippen LogP contribution in [0.3, 0.4) is 0 Å². The number of allylic oxidation sites excluding steroid dienone is 3. The molecule has 5 atom stereocenters. The zero-order valence-corrected chi connectivity index (χ0v) is 19.3. The van der Waals surface area contributed by atoms with E-state index >= 15 is 0 Å². The van der Waals surface area contributed by atoms with Gasteiger partial charge in [-0.15, -0.1) is 0 Å². The van der Waals surface area contributed by atoms with E-state index in [1.807, 2.05) is 26.0 Å². The molecular weight excluding hydrogens is 443 g/mol. The number of hydrogen-bond acceptors (Lipinski definition) is 5. The molecule has 4 rings (SSSR count). The first-order valence-corrected chi connectivity index (χ1v) is 11.7. The number of alkyl halides is 3. The molecule has 1 heterocycles. The van der Waals surface area contributed by atoms with E-state index < -0.39 is 22.6 Å². The Morgan fingerprint density at radius 1 is 1.21 bits per heavy atom. The summed E-state index contributed by atoms with van der Waals surface area (Å²) in [6.07, 6.45) is 6.47. The summed E-state index contributed by atoms with van der Waals surface area (Å²) in [5.41, 5.74) is 5.39. The van der Waals surface area contributed by atoms with Crippen LogP contribution in [0.15, 0.2) is 52.1 Å². The Kier molecular flexibility index (Phi) is 6.60. The van der Waals surface area contributed by atoms with E-state index in [1.165, 1.54) is 6.07 Å². The van der Waals surface area contributed by atoms with Crippen LogP contribution in [0.25, 0.3) is 0 Å². The van der Waals surface area contributed by atoms with Gasteiger partial charge in [-0.05, 0) is 60.8 Å². The molecule has 2 aromatic rings. The van der Waals surface area contributed by atoms with Crippen molar-refractivity contribution in [1.29, 1.82) is 0 Å². The molecule has 0 saturated heterocycles. The molecular formula is C26H30F3N3O2. The zero-order valence-electron chi connectivity index (χ0n) is 19.3. The Labute approximate surface area is 196 Å². The minimum Gasteiger partial charge on any atom is -0.394 e. The number of nitrogens with two attached hydrogens (primary N) is 1. The van der Waals surface area contributed by atoms with Crippen molar-refractivity contribution in [3.05, 3.63) is 74.1 Å². The van der Waals surface area contributed by atoms with Crippen molar-refractivity contribution >= 4 is 17.1 Å². The Bertz CT molecular complexity index is 1180. The third-order valence-corrected chi connectivity index (χ3v) is 7.34. The molecule has 5 nitrogen and oxygen atoms in total. The molecule has 0 bridgehead atoms. The van der Waals surface area contributed by atoms with E-state index in [-0.39, 0.29) is 41.1 Å². The molecule has 4 N–H and O–H groups in total. The first-order chi connectivity index (χ1) is 16.1. The molecule has 0 amide bonds. The molecule has 1 aliphatic carbocycles. The van der Waals surface area contributed by atoms with E-state index in [4.69, 9.17) is 5.73 Å². The molecule has 0 radical (unpaired) electrons. The summed E-state index contributed by atoms with van der Waals surface area (Å²) in [5, 5.41) is 6.55. The van der Waals surface area contributed by atoms with E-state index in [0.29, 0.717) is 12.1 Å². The topological polar surface area (TPSA) is 84.2 Å². The molecule has 2 aromatic carbocycles. The van der Waals surface area contributed by atoms with Gasteiger partial charge in [0.1, 0.15) is 11.4 Å². The monoisotopic (exact) mass is 473 g/mol. The van der Waals surface area contributed by atoms with Crippen LogP contribution in [-0.2, 0) is 6.18 Å². The number of benzene rings is 1. The normalized spacial score (nSPS) is 25.1. The number of fused-ring (bicyclic) bond motifs is 1. The molecule has 8 heteroatoms. The lowest BCUT2D eigenvalue weighted by molar-refractivity contribution is -0.137. The second-order valence-corrected chi connectivity index (χ2v) is 9.65. The van der Waals surface area contributed by atoms with Crippen molar-refractivity contribution in [2.24, 2.45) is 17.8 Å². The predicted octanol–water partition coefficient (Wildman–Crippen LogP) is 5.06. The van der Waals surface area contributed by atoms with Crippen LogP contribution in [0.4, 0.5) is 30.2 Å². The fourth-order valence-electron chi connectivity index (χ4n) is 5.24. The first-order valence-electron chi connectivity index (χ1n) is 11.7. The molecule has 1 unspecified atom stereocenters. The Morgan fingerprint density at radius 3 is 2.62 bits per heavy atom. The van der Waals surface area contributed by atoms with E-state index in [9.17, 15) is 22.8 Å². The van der Waals surface area contributed by atoms with Gasteiger partial charge in [0.05, 0.1) is 5.56 Å². The molecule has 2 aliphatic rings. The quantitative estimate of drug-likeness (QED) is 0.490. The largest absolute Gasteiger partial charge is 0.416 e. The Hall–Kier alpha value is -3.03. The van der Waals surface area contributed by atoms with Crippen LogP contribution < -0.4 is 27.2 Å². The van der Waals surface area contributed by atoms with E-state index in [1.54, 1.807) is 6.07 Å². The molecule has 34 heavy (non-hydrogen) atoms. The van der Waals surface area contributed by atoms with Crippen molar-refractivity contribution in [3.8, 4) is 0 Å². The van der Waals surface area contributed by atoms with Crippen LogP contribution in [0.2, 0.25) is 0 Å². The Balaban J connectivity index is 1.50. The maximum atomic E-state index is 13.4. The highest BCUT2D eigenvalue weighted by molar-refractivity contribution is 5.71. The maximum absolute atomic E-state index is 13.4. The number of nitrogens with one attached hydrogen (secondary N) is 2. The summed E-state index contributed by atoms with van der Waals surface area (Å²) < 4.78 is 40.1. The van der Waals surface area contributed by atoms with Gasteiger partial charge < -0.3 is 16.4 Å². The Morgan fingerprint density at radius 2 is 1.97 bits per heavy atom. The van der Waals surface area contributed by atoms with Crippen molar-refractivity contribution in [1.82, 2.24) is 0 Å². The molecule has 1 aliphatic heterocycles. The molecule has 0 saturated carbocycles. The van der Waals surface area contributed by atoms with Crippen LogP contribution in [0.5, 0.6) is 0 Å². The lowest BCUT2D eigenvalue weighted by Gasteiger charge is -2.43. The van der Waals surface area contributed by atoms with Crippen LogP contribution in [0, 0.1) is 17.8 Å². The van der Waals surface area contributed by atoms with Gasteiger partial charge in [-0.3, -0.25) is 9.59 Å². The van der Waals surface area contributed by atoms with Crippen LogP contribution >= 0.6 is 0 Å². The minimum absolute atomic E-state index is 0.0171. The van der Waals surface area contributed by atoms with Crippen molar-refractivity contribution in [3.63, 3.8) is 0 Å². The summed E-state index contributed by atoms with van der Waals surface area (Å²) in [7, 11) is 0. The molecule has 0 aromatic heterocycles. The second kappa shape index (κ2) is 9.31. The van der Waals surface area contributed by atoms with Crippen LogP contribution in [0.1, 0.15) is 50.2 Å². The van der Waals surface area contributed by atoms with Gasteiger partial charge in [0.15, 0.2) is 0 Å². The van der Waals surface area contributed by atoms with Crippen LogP contribution in [-0.4, -0.2) is 12.6 Å².